The zero-order chi connectivity index (χ0) is 14.1. The fourth-order valence-corrected chi connectivity index (χ4v) is 2.17. The summed E-state index contributed by atoms with van der Waals surface area (Å²) >= 11 is 0. The van der Waals surface area contributed by atoms with Crippen LogP contribution in [0.1, 0.15) is 28.7 Å². The third kappa shape index (κ3) is 2.09. The summed E-state index contributed by atoms with van der Waals surface area (Å²) in [7, 11) is 0. The third-order valence-electron chi connectivity index (χ3n) is 3.19. The summed E-state index contributed by atoms with van der Waals surface area (Å²) in [5.74, 6) is -0.456. The van der Waals surface area contributed by atoms with Crippen molar-refractivity contribution < 1.29 is 13.6 Å². The second-order valence-corrected chi connectivity index (χ2v) is 4.49. The molecular formula is C16H12FNO2. The predicted molar refractivity (Wildman–Crippen MR) is 73.2 cm³/mol. The summed E-state index contributed by atoms with van der Waals surface area (Å²) < 4.78 is 18.6. The highest BCUT2D eigenvalue weighted by atomic mass is 19.1. The van der Waals surface area contributed by atoms with Gasteiger partial charge in [0, 0.05) is 11.6 Å². The minimum atomic E-state index is -0.357. The number of benzene rings is 1. The van der Waals surface area contributed by atoms with E-state index in [1.165, 1.54) is 18.2 Å². The van der Waals surface area contributed by atoms with E-state index in [4.69, 9.17) is 4.42 Å². The van der Waals surface area contributed by atoms with E-state index in [9.17, 15) is 9.18 Å². The number of hydrogen-bond donors (Lipinski definition) is 0. The van der Waals surface area contributed by atoms with Crippen LogP contribution in [0.5, 0.6) is 0 Å². The highest BCUT2D eigenvalue weighted by molar-refractivity contribution is 6.08. The number of pyridine rings is 1. The minimum absolute atomic E-state index is 0.180. The molecule has 0 aliphatic heterocycles. The van der Waals surface area contributed by atoms with Gasteiger partial charge in [0.2, 0.25) is 5.78 Å². The molecule has 1 aromatic carbocycles. The molecule has 100 valence electrons. The Labute approximate surface area is 115 Å². The molecule has 4 heteroatoms. The molecule has 0 spiro atoms. The van der Waals surface area contributed by atoms with Gasteiger partial charge < -0.3 is 4.42 Å². The van der Waals surface area contributed by atoms with Crippen LogP contribution < -0.4 is 0 Å². The zero-order valence-electron chi connectivity index (χ0n) is 10.9. The molecule has 0 aliphatic rings. The Morgan fingerprint density at radius 2 is 2.15 bits per heavy atom. The standard InChI is InChI=1S/C16H12FNO2/c1-2-10-4-3-7-18-15(10)16(19)14-9-11-8-12(17)5-6-13(11)20-14/h3-9H,2H2,1H3. The van der Waals surface area contributed by atoms with Crippen molar-refractivity contribution >= 4 is 16.8 Å². The predicted octanol–water partition coefficient (Wildman–Crippen LogP) is 3.76. The number of fused-ring (bicyclic) bond motifs is 1. The van der Waals surface area contributed by atoms with Gasteiger partial charge in [0.15, 0.2) is 5.76 Å². The second kappa shape index (κ2) is 4.89. The van der Waals surface area contributed by atoms with Crippen molar-refractivity contribution in [2.45, 2.75) is 13.3 Å². The molecule has 0 amide bonds. The second-order valence-electron chi connectivity index (χ2n) is 4.49. The summed E-state index contributed by atoms with van der Waals surface area (Å²) in [5.41, 5.74) is 1.74. The Balaban J connectivity index is 2.08. The molecule has 3 nitrogen and oxygen atoms in total. The number of aryl methyl sites for hydroxylation is 1. The van der Waals surface area contributed by atoms with Crippen LogP contribution in [0, 0.1) is 5.82 Å². The zero-order valence-corrected chi connectivity index (χ0v) is 10.9. The summed E-state index contributed by atoms with van der Waals surface area (Å²) in [6.07, 6.45) is 2.29. The number of halogens is 1. The average Bonchev–Trinajstić information content (AvgIpc) is 2.89. The summed E-state index contributed by atoms with van der Waals surface area (Å²) in [4.78, 5) is 16.6. The molecule has 2 heterocycles. The Bertz CT molecular complexity index is 792. The van der Waals surface area contributed by atoms with E-state index in [-0.39, 0.29) is 17.4 Å². The molecule has 0 unspecified atom stereocenters. The lowest BCUT2D eigenvalue weighted by Gasteiger charge is -2.02. The van der Waals surface area contributed by atoms with E-state index in [2.05, 4.69) is 4.98 Å². The quantitative estimate of drug-likeness (QED) is 0.680. The molecule has 0 saturated heterocycles. The Morgan fingerprint density at radius 1 is 1.30 bits per heavy atom. The normalized spacial score (nSPS) is 10.9. The van der Waals surface area contributed by atoms with E-state index >= 15 is 0 Å². The van der Waals surface area contributed by atoms with Gasteiger partial charge in [-0.05, 0) is 42.3 Å². The number of carbonyl (C=O) groups excluding carboxylic acids is 1. The van der Waals surface area contributed by atoms with E-state index in [0.717, 1.165) is 5.56 Å². The van der Waals surface area contributed by atoms with Crippen LogP contribution in [0.25, 0.3) is 11.0 Å². The molecule has 3 rings (SSSR count). The van der Waals surface area contributed by atoms with Crippen LogP contribution in [0.4, 0.5) is 4.39 Å². The summed E-state index contributed by atoms with van der Waals surface area (Å²) in [6.45, 7) is 1.96. The molecule has 0 aliphatic carbocycles. The van der Waals surface area contributed by atoms with Crippen molar-refractivity contribution in [3.8, 4) is 0 Å². The maximum absolute atomic E-state index is 13.1. The first-order valence-corrected chi connectivity index (χ1v) is 6.36. The monoisotopic (exact) mass is 269 g/mol. The Morgan fingerprint density at radius 3 is 2.95 bits per heavy atom. The van der Waals surface area contributed by atoms with Crippen LogP contribution >= 0.6 is 0 Å². The van der Waals surface area contributed by atoms with Gasteiger partial charge in [0.25, 0.3) is 0 Å². The number of rotatable bonds is 3. The molecule has 20 heavy (non-hydrogen) atoms. The number of aromatic nitrogens is 1. The lowest BCUT2D eigenvalue weighted by atomic mass is 10.1. The van der Waals surface area contributed by atoms with E-state index in [0.29, 0.717) is 23.1 Å². The molecule has 3 aromatic rings. The molecule has 0 saturated carbocycles. The molecule has 0 fully saturated rings. The first-order valence-electron chi connectivity index (χ1n) is 6.36. The Kier molecular flexibility index (Phi) is 3.06. The topological polar surface area (TPSA) is 43.1 Å². The lowest BCUT2D eigenvalue weighted by Crippen LogP contribution is -2.06. The largest absolute Gasteiger partial charge is 0.453 e. The smallest absolute Gasteiger partial charge is 0.246 e. The van der Waals surface area contributed by atoms with E-state index in [1.54, 1.807) is 18.3 Å². The average molecular weight is 269 g/mol. The highest BCUT2D eigenvalue weighted by Crippen LogP contribution is 2.23. The summed E-state index contributed by atoms with van der Waals surface area (Å²) in [6, 6.07) is 9.37. The van der Waals surface area contributed by atoms with Crippen LogP contribution in [0.15, 0.2) is 47.0 Å². The fraction of sp³-hybridized carbons (Fsp3) is 0.125. The maximum atomic E-state index is 13.1. The van der Waals surface area contributed by atoms with Gasteiger partial charge in [-0.3, -0.25) is 9.78 Å². The lowest BCUT2D eigenvalue weighted by molar-refractivity contribution is 0.101. The minimum Gasteiger partial charge on any atom is -0.453 e. The molecular weight excluding hydrogens is 257 g/mol. The van der Waals surface area contributed by atoms with Crippen LogP contribution in [0.2, 0.25) is 0 Å². The van der Waals surface area contributed by atoms with Gasteiger partial charge in [-0.25, -0.2) is 4.39 Å². The number of hydrogen-bond acceptors (Lipinski definition) is 3. The fourth-order valence-electron chi connectivity index (χ4n) is 2.17. The van der Waals surface area contributed by atoms with Crippen molar-refractivity contribution in [1.82, 2.24) is 4.98 Å². The van der Waals surface area contributed by atoms with Gasteiger partial charge in [-0.15, -0.1) is 0 Å². The molecule has 2 aromatic heterocycles. The first kappa shape index (κ1) is 12.5. The van der Waals surface area contributed by atoms with Gasteiger partial charge in [-0.1, -0.05) is 13.0 Å². The number of ketones is 1. The van der Waals surface area contributed by atoms with Gasteiger partial charge in [-0.2, -0.15) is 0 Å². The van der Waals surface area contributed by atoms with Crippen molar-refractivity contribution in [1.29, 1.82) is 0 Å². The summed E-state index contributed by atoms with van der Waals surface area (Å²) in [5, 5.41) is 0.572. The van der Waals surface area contributed by atoms with Crippen molar-refractivity contribution in [3.05, 3.63) is 65.4 Å². The van der Waals surface area contributed by atoms with Crippen molar-refractivity contribution in [2.75, 3.05) is 0 Å². The SMILES string of the molecule is CCc1cccnc1C(=O)c1cc2cc(F)ccc2o1. The Hall–Kier alpha value is -2.49. The van der Waals surface area contributed by atoms with Gasteiger partial charge in [0.1, 0.15) is 17.1 Å². The number of furan rings is 1. The third-order valence-corrected chi connectivity index (χ3v) is 3.19. The maximum Gasteiger partial charge on any atom is 0.246 e. The van der Waals surface area contributed by atoms with Crippen LogP contribution in [0.3, 0.4) is 0 Å². The van der Waals surface area contributed by atoms with Gasteiger partial charge >= 0.3 is 0 Å². The highest BCUT2D eigenvalue weighted by Gasteiger charge is 2.18. The van der Waals surface area contributed by atoms with Crippen molar-refractivity contribution in [2.24, 2.45) is 0 Å². The molecule has 0 N–H and O–H groups in total. The van der Waals surface area contributed by atoms with E-state index < -0.39 is 0 Å². The number of nitrogens with zero attached hydrogens (tertiary/aromatic N) is 1. The first-order chi connectivity index (χ1) is 9.69. The van der Waals surface area contributed by atoms with Crippen molar-refractivity contribution in [3.63, 3.8) is 0 Å². The van der Waals surface area contributed by atoms with E-state index in [1.807, 2.05) is 13.0 Å². The van der Waals surface area contributed by atoms with Gasteiger partial charge in [0.05, 0.1) is 0 Å². The molecule has 0 radical (unpaired) electrons. The number of carbonyl (C=O) groups is 1. The molecule has 0 bridgehead atoms. The van der Waals surface area contributed by atoms with Crippen LogP contribution in [-0.4, -0.2) is 10.8 Å². The molecule has 0 atom stereocenters. The van der Waals surface area contributed by atoms with Crippen LogP contribution in [-0.2, 0) is 6.42 Å².